The highest BCUT2D eigenvalue weighted by molar-refractivity contribution is 7.34. The van der Waals surface area contributed by atoms with Gasteiger partial charge in [0.15, 0.2) is 23.1 Å². The molecule has 54 heavy (non-hydrogen) atoms. The zero-order chi connectivity index (χ0) is 39.9. The number of nitrogens with zero attached hydrogens (tertiary/aromatic N) is 5. The van der Waals surface area contributed by atoms with Crippen molar-refractivity contribution < 1.29 is 53.3 Å². The van der Waals surface area contributed by atoms with Crippen molar-refractivity contribution >= 4 is 48.0 Å². The van der Waals surface area contributed by atoms with Crippen LogP contribution < -0.4 is 24.6 Å². The molecule has 1 saturated heterocycles. The number of anilines is 1. The number of esters is 1. The highest BCUT2D eigenvalue weighted by atomic mass is 31.1. The Balaban J connectivity index is 1.53. The second kappa shape index (κ2) is 15.2. The third kappa shape index (κ3) is 7.77. The van der Waals surface area contributed by atoms with Crippen molar-refractivity contribution in [1.82, 2.24) is 19.5 Å². The second-order valence-electron chi connectivity index (χ2n) is 15.1. The number of carboxylic acid groups (broad SMARTS) is 1. The number of hydrogen-bond donors (Lipinski definition) is 4. The van der Waals surface area contributed by atoms with E-state index in [9.17, 15) is 29.8 Å². The minimum Gasteiger partial charge on any atom is -0.575 e. The van der Waals surface area contributed by atoms with E-state index in [1.807, 2.05) is 20.8 Å². The summed E-state index contributed by atoms with van der Waals surface area (Å²) in [6, 6.07) is 8.32. The van der Waals surface area contributed by atoms with Crippen LogP contribution in [-0.2, 0) is 19.1 Å². The molecule has 18 heteroatoms. The topological polar surface area (TPSA) is 246 Å². The predicted octanol–water partition coefficient (Wildman–Crippen LogP) is 4.09. The number of aliphatic hydroxyl groups is 2. The smallest absolute Gasteiger partial charge is 0.395 e. The van der Waals surface area contributed by atoms with E-state index in [1.54, 1.807) is 45.0 Å². The number of hydrogen-bond acceptors (Lipinski definition) is 15. The first kappa shape index (κ1) is 40.5. The van der Waals surface area contributed by atoms with E-state index in [-0.39, 0.29) is 47.5 Å². The fourth-order valence-electron chi connectivity index (χ4n) is 6.65. The Hall–Kier alpha value is -4.67. The maximum Gasteiger partial charge on any atom is 0.395 e. The molecule has 292 valence electrons. The highest BCUT2D eigenvalue weighted by Crippen LogP contribution is 2.45. The summed E-state index contributed by atoms with van der Waals surface area (Å²) in [5.74, 6) is -2.73. The Kier molecular flexibility index (Phi) is 11.4. The number of fused-ring (bicyclic) bond motifs is 2. The summed E-state index contributed by atoms with van der Waals surface area (Å²) in [4.78, 5) is 51.2. The molecule has 7 atom stereocenters. The molecular weight excluding hydrogens is 723 g/mol. The number of rotatable bonds is 13. The van der Waals surface area contributed by atoms with Crippen LogP contribution in [0.4, 0.5) is 5.95 Å². The maximum absolute atomic E-state index is 13.7. The van der Waals surface area contributed by atoms with Crippen LogP contribution in [0.2, 0.25) is 0 Å². The number of aromatic nitrogens is 4. The van der Waals surface area contributed by atoms with Gasteiger partial charge in [-0.15, -0.1) is 0 Å². The van der Waals surface area contributed by atoms with E-state index < -0.39 is 66.9 Å². The first-order valence-electron chi connectivity index (χ1n) is 17.2. The molecule has 5 rings (SSSR count). The Morgan fingerprint density at radius 3 is 2.48 bits per heavy atom. The van der Waals surface area contributed by atoms with Crippen molar-refractivity contribution in [1.29, 1.82) is 0 Å². The van der Waals surface area contributed by atoms with Gasteiger partial charge in [-0.1, -0.05) is 63.6 Å². The number of ether oxygens (including phenoxy) is 4. The van der Waals surface area contributed by atoms with Crippen LogP contribution >= 0.6 is 8.17 Å². The molecule has 17 nitrogen and oxygen atoms in total. The van der Waals surface area contributed by atoms with Gasteiger partial charge in [0.2, 0.25) is 23.1 Å². The first-order valence-corrected chi connectivity index (χ1v) is 18.4. The molecule has 0 aliphatic carbocycles. The molecule has 2 aromatic heterocycles. The van der Waals surface area contributed by atoms with Crippen LogP contribution in [0.5, 0.6) is 17.4 Å². The number of carboxylic acids is 1. The average molecular weight is 771 g/mol. The predicted molar refractivity (Wildman–Crippen MR) is 196 cm³/mol. The lowest BCUT2D eigenvalue weighted by Crippen LogP contribution is -2.45. The van der Waals surface area contributed by atoms with Gasteiger partial charge in [0.05, 0.1) is 26.5 Å². The quantitative estimate of drug-likeness (QED) is 0.110. The minimum absolute atomic E-state index is 0.0319. The Labute approximate surface area is 313 Å². The zero-order valence-electron chi connectivity index (χ0n) is 31.6. The van der Waals surface area contributed by atoms with E-state index in [2.05, 4.69) is 19.7 Å². The van der Waals surface area contributed by atoms with Gasteiger partial charge >= 0.3 is 20.1 Å². The lowest BCUT2D eigenvalue weighted by atomic mass is 9.74. The summed E-state index contributed by atoms with van der Waals surface area (Å²) in [7, 11) is -0.272. The van der Waals surface area contributed by atoms with E-state index in [0.717, 1.165) is 0 Å². The van der Waals surface area contributed by atoms with Gasteiger partial charge in [-0.3, -0.25) is 13.9 Å². The number of carbonyl (C=O) groups excluding carboxylic acids is 1. The molecule has 4 aromatic rings. The molecule has 0 bridgehead atoms. The van der Waals surface area contributed by atoms with Crippen LogP contribution in [0.15, 0.2) is 41.4 Å². The molecule has 1 fully saturated rings. The van der Waals surface area contributed by atoms with Crippen molar-refractivity contribution in [3.63, 3.8) is 0 Å². The molecule has 2 aromatic carbocycles. The van der Waals surface area contributed by atoms with E-state index in [4.69, 9.17) is 29.2 Å². The number of aliphatic hydroxyl groups excluding tert-OH is 1. The third-order valence-electron chi connectivity index (χ3n) is 9.57. The van der Waals surface area contributed by atoms with Gasteiger partial charge in [0.25, 0.3) is 0 Å². The molecule has 0 saturated carbocycles. The monoisotopic (exact) mass is 770 g/mol. The van der Waals surface area contributed by atoms with Crippen molar-refractivity contribution in [2.75, 3.05) is 26.6 Å². The number of carbonyl (C=O) groups is 2. The van der Waals surface area contributed by atoms with E-state index in [0.29, 0.717) is 16.3 Å². The van der Waals surface area contributed by atoms with Gasteiger partial charge in [-0.25, -0.2) is 9.78 Å². The molecule has 0 spiro atoms. The lowest BCUT2D eigenvalue weighted by Gasteiger charge is -2.32. The standard InChI is InChI=1S/C36H47N6O11P/c1-18(2)36(32(45)46,16-34(4,5)6)41-54(48)53-23-13-11-21-14-20(19(3)30(44)50-9)10-12-22(21)26(23)51-15-24-27(43)35(7,47)31(52-24)42-17-38-25-28(42)39-33(37)40-29(25)49-8/h10-14,17-19,24,27,31,43,47H,15-16H2,1-9H3,(H,45,46)(H2,37,39,40)/t19-,24+,27+,31?,35+,36-/m0/s1. The van der Waals surface area contributed by atoms with Crippen molar-refractivity contribution in [3.05, 3.63) is 42.2 Å². The number of imidazole rings is 1. The van der Waals surface area contributed by atoms with Crippen LogP contribution in [-0.4, -0.2) is 91.0 Å². The summed E-state index contributed by atoms with van der Waals surface area (Å²) in [5, 5.41) is 34.3. The van der Waals surface area contributed by atoms with Gasteiger partial charge < -0.3 is 44.9 Å². The maximum atomic E-state index is 13.7. The molecule has 0 amide bonds. The number of nitrogens with two attached hydrogens (primary N) is 1. The van der Waals surface area contributed by atoms with Gasteiger partial charge in [0, 0.05) is 5.39 Å². The van der Waals surface area contributed by atoms with Crippen LogP contribution in [0.1, 0.15) is 72.6 Å². The highest BCUT2D eigenvalue weighted by Gasteiger charge is 2.54. The van der Waals surface area contributed by atoms with Gasteiger partial charge in [0.1, 0.15) is 24.4 Å². The first-order chi connectivity index (χ1) is 25.2. The summed E-state index contributed by atoms with van der Waals surface area (Å²) in [5.41, 5.74) is 2.90. The third-order valence-corrected chi connectivity index (χ3v) is 10.4. The van der Waals surface area contributed by atoms with Crippen LogP contribution in [0.3, 0.4) is 0 Å². The summed E-state index contributed by atoms with van der Waals surface area (Å²) >= 11 is 0. The number of nitrogen functional groups attached to an aromatic ring is 1. The fourth-order valence-corrected chi connectivity index (χ4v) is 7.68. The van der Waals surface area contributed by atoms with Crippen LogP contribution in [0.25, 0.3) is 21.9 Å². The van der Waals surface area contributed by atoms with E-state index >= 15 is 0 Å². The SMILES string of the molecule is COC(=O)[C@@H](C)c1ccc2c(OC[C@H]3OC(n4cnc5c(OC)nc(N)nc54)[C@](C)(O)[C@@H]3O)c(O/[P+]([O-])=N/[C@](CC(C)(C)C)(C(=O)O)C(C)C)ccc2c1. The molecule has 3 heterocycles. The molecule has 0 radical (unpaired) electrons. The lowest BCUT2D eigenvalue weighted by molar-refractivity contribution is -0.171. The number of methoxy groups -OCH3 is 2. The Morgan fingerprint density at radius 1 is 1.17 bits per heavy atom. The molecule has 2 unspecified atom stereocenters. The fraction of sp³-hybridized carbons (Fsp3) is 0.528. The Morgan fingerprint density at radius 2 is 1.87 bits per heavy atom. The number of benzene rings is 2. The molecular formula is C36H47N6O11P. The Bertz CT molecular complexity index is 2080. The minimum atomic E-state index is -2.97. The van der Waals surface area contributed by atoms with Crippen LogP contribution in [0, 0.1) is 11.3 Å². The van der Waals surface area contributed by atoms with Crippen molar-refractivity contribution in [2.24, 2.45) is 16.1 Å². The number of aliphatic carboxylic acids is 1. The van der Waals surface area contributed by atoms with Gasteiger partial charge in [-0.2, -0.15) is 9.97 Å². The normalized spacial score (nSPS) is 22.3. The summed E-state index contributed by atoms with van der Waals surface area (Å²) in [6.07, 6.45) is -2.41. The van der Waals surface area contributed by atoms with Gasteiger partial charge in [-0.05, 0) is 48.6 Å². The van der Waals surface area contributed by atoms with E-state index in [1.165, 1.54) is 38.1 Å². The summed E-state index contributed by atoms with van der Waals surface area (Å²) < 4.78 is 34.2. The largest absolute Gasteiger partial charge is 0.575 e. The zero-order valence-corrected chi connectivity index (χ0v) is 32.5. The second-order valence-corrected chi connectivity index (χ2v) is 16.0. The van der Waals surface area contributed by atoms with Crippen molar-refractivity contribution in [3.8, 4) is 17.4 Å². The molecule has 1 aliphatic rings. The summed E-state index contributed by atoms with van der Waals surface area (Å²) in [6.45, 7) is 11.8. The average Bonchev–Trinajstić information content (AvgIpc) is 3.61. The molecule has 1 aliphatic heterocycles. The molecule has 5 N–H and O–H groups in total. The van der Waals surface area contributed by atoms with Crippen molar-refractivity contribution in [2.45, 2.75) is 90.4 Å².